The van der Waals surface area contributed by atoms with E-state index in [1.165, 1.54) is 0 Å². The number of H-pyrrole nitrogens is 1. The van der Waals surface area contributed by atoms with E-state index in [4.69, 9.17) is 4.74 Å². The summed E-state index contributed by atoms with van der Waals surface area (Å²) in [7, 11) is 1.70. The molecule has 0 unspecified atom stereocenters. The van der Waals surface area contributed by atoms with E-state index < -0.39 is 0 Å². The van der Waals surface area contributed by atoms with E-state index in [2.05, 4.69) is 4.98 Å². The third kappa shape index (κ3) is 4.68. The van der Waals surface area contributed by atoms with E-state index in [1.807, 2.05) is 61.5 Å². The van der Waals surface area contributed by atoms with Gasteiger partial charge >= 0.3 is 0 Å². The fraction of sp³-hybridized carbons (Fsp3) is 0.217. The molecule has 0 aliphatic heterocycles. The van der Waals surface area contributed by atoms with Gasteiger partial charge in [-0.05, 0) is 42.7 Å². The molecule has 2 aromatic carbocycles. The van der Waals surface area contributed by atoms with Crippen molar-refractivity contribution in [3.63, 3.8) is 0 Å². The highest BCUT2D eigenvalue weighted by molar-refractivity contribution is 5.93. The molecule has 0 aliphatic carbocycles. The highest BCUT2D eigenvalue weighted by atomic mass is 16.5. The normalized spacial score (nSPS) is 10.5. The summed E-state index contributed by atoms with van der Waals surface area (Å²) in [6, 6.07) is 20.7. The van der Waals surface area contributed by atoms with E-state index in [0.717, 1.165) is 16.9 Å². The summed E-state index contributed by atoms with van der Waals surface area (Å²) < 4.78 is 5.76. The monoisotopic (exact) mass is 376 g/mol. The zero-order chi connectivity index (χ0) is 19.9. The number of aryl methyl sites for hydroxylation is 1. The molecule has 0 bridgehead atoms. The topological polar surface area (TPSA) is 62.4 Å². The zero-order valence-corrected chi connectivity index (χ0v) is 16.1. The van der Waals surface area contributed by atoms with Crippen molar-refractivity contribution in [3.05, 3.63) is 88.2 Å². The standard InChI is InChI=1S/C23H24N2O3/c1-17-9-6-7-12-21(17)28-16-8-15-25(2)23(27)19-13-14-20(24-22(19)26)18-10-4-3-5-11-18/h3-7,9-14H,8,15-16H2,1-2H3,(H,24,26). The number of nitrogens with one attached hydrogen (secondary N) is 1. The Morgan fingerprint density at radius 1 is 1.00 bits per heavy atom. The van der Waals surface area contributed by atoms with Crippen molar-refractivity contribution in [1.29, 1.82) is 0 Å². The van der Waals surface area contributed by atoms with Crippen LogP contribution in [0.5, 0.6) is 5.75 Å². The first-order valence-electron chi connectivity index (χ1n) is 9.29. The van der Waals surface area contributed by atoms with Gasteiger partial charge in [0.1, 0.15) is 11.3 Å². The fourth-order valence-electron chi connectivity index (χ4n) is 2.94. The average Bonchev–Trinajstić information content (AvgIpc) is 2.72. The van der Waals surface area contributed by atoms with Crippen molar-refractivity contribution in [3.8, 4) is 17.0 Å². The first-order chi connectivity index (χ1) is 13.6. The molecule has 0 fully saturated rings. The molecule has 1 N–H and O–H groups in total. The molecule has 0 aliphatic rings. The van der Waals surface area contributed by atoms with Gasteiger partial charge < -0.3 is 14.6 Å². The Hall–Kier alpha value is -3.34. The number of rotatable bonds is 7. The van der Waals surface area contributed by atoms with Crippen LogP contribution in [0.3, 0.4) is 0 Å². The summed E-state index contributed by atoms with van der Waals surface area (Å²) in [6.45, 7) is 3.01. The summed E-state index contributed by atoms with van der Waals surface area (Å²) in [6.07, 6.45) is 0.677. The highest BCUT2D eigenvalue weighted by Crippen LogP contribution is 2.17. The van der Waals surface area contributed by atoms with Crippen LogP contribution in [-0.2, 0) is 0 Å². The van der Waals surface area contributed by atoms with Gasteiger partial charge in [-0.3, -0.25) is 9.59 Å². The zero-order valence-electron chi connectivity index (χ0n) is 16.1. The van der Waals surface area contributed by atoms with Crippen molar-refractivity contribution >= 4 is 5.91 Å². The second-order valence-electron chi connectivity index (χ2n) is 6.68. The van der Waals surface area contributed by atoms with Crippen LogP contribution in [0.1, 0.15) is 22.3 Å². The van der Waals surface area contributed by atoms with Gasteiger partial charge in [-0.2, -0.15) is 0 Å². The maximum absolute atomic E-state index is 12.6. The molecule has 3 aromatic rings. The number of hydrogen-bond donors (Lipinski definition) is 1. The number of para-hydroxylation sites is 1. The van der Waals surface area contributed by atoms with Gasteiger partial charge in [-0.1, -0.05) is 48.5 Å². The molecular weight excluding hydrogens is 352 g/mol. The van der Waals surface area contributed by atoms with Crippen LogP contribution < -0.4 is 10.3 Å². The average molecular weight is 376 g/mol. The van der Waals surface area contributed by atoms with Crippen molar-refractivity contribution in [2.75, 3.05) is 20.2 Å². The summed E-state index contributed by atoms with van der Waals surface area (Å²) in [4.78, 5) is 29.3. The van der Waals surface area contributed by atoms with Gasteiger partial charge in [-0.15, -0.1) is 0 Å². The number of aromatic nitrogens is 1. The van der Waals surface area contributed by atoms with Gasteiger partial charge in [0.05, 0.1) is 6.61 Å². The lowest BCUT2D eigenvalue weighted by Crippen LogP contribution is -2.33. The summed E-state index contributed by atoms with van der Waals surface area (Å²) >= 11 is 0. The summed E-state index contributed by atoms with van der Waals surface area (Å²) in [5.41, 5.74) is 2.44. The van der Waals surface area contributed by atoms with Crippen LogP contribution in [0.2, 0.25) is 0 Å². The molecule has 144 valence electrons. The third-order valence-electron chi connectivity index (χ3n) is 4.56. The lowest BCUT2D eigenvalue weighted by Gasteiger charge is -2.17. The number of aromatic amines is 1. The lowest BCUT2D eigenvalue weighted by atomic mass is 10.1. The Morgan fingerprint density at radius 2 is 1.71 bits per heavy atom. The minimum atomic E-state index is -0.380. The van der Waals surface area contributed by atoms with Crippen LogP contribution in [0.15, 0.2) is 71.5 Å². The molecule has 0 spiro atoms. The number of hydrogen-bond acceptors (Lipinski definition) is 3. The number of amides is 1. The first kappa shape index (κ1) is 19.4. The maximum atomic E-state index is 12.6. The molecule has 3 rings (SSSR count). The second-order valence-corrected chi connectivity index (χ2v) is 6.68. The van der Waals surface area contributed by atoms with Crippen LogP contribution in [0.4, 0.5) is 0 Å². The Morgan fingerprint density at radius 3 is 2.43 bits per heavy atom. The molecule has 5 nitrogen and oxygen atoms in total. The Kier molecular flexibility index (Phi) is 6.27. The fourth-order valence-corrected chi connectivity index (χ4v) is 2.94. The van der Waals surface area contributed by atoms with Gasteiger partial charge in [0, 0.05) is 19.3 Å². The Labute approximate surface area is 164 Å². The van der Waals surface area contributed by atoms with Crippen molar-refractivity contribution in [2.24, 2.45) is 0 Å². The van der Waals surface area contributed by atoms with Crippen LogP contribution in [0, 0.1) is 6.92 Å². The van der Waals surface area contributed by atoms with E-state index in [9.17, 15) is 9.59 Å². The van der Waals surface area contributed by atoms with E-state index >= 15 is 0 Å². The van der Waals surface area contributed by atoms with Crippen molar-refractivity contribution in [2.45, 2.75) is 13.3 Å². The number of benzene rings is 2. The predicted molar refractivity (Wildman–Crippen MR) is 111 cm³/mol. The van der Waals surface area contributed by atoms with E-state index in [0.29, 0.717) is 25.3 Å². The number of carbonyl (C=O) groups excluding carboxylic acids is 1. The van der Waals surface area contributed by atoms with Crippen molar-refractivity contribution in [1.82, 2.24) is 9.88 Å². The van der Waals surface area contributed by atoms with Gasteiger partial charge in [0.25, 0.3) is 11.5 Å². The molecule has 0 saturated heterocycles. The predicted octanol–water partition coefficient (Wildman–Crippen LogP) is 3.89. The van der Waals surface area contributed by atoms with Crippen LogP contribution in [0.25, 0.3) is 11.3 Å². The van der Waals surface area contributed by atoms with Crippen molar-refractivity contribution < 1.29 is 9.53 Å². The molecular formula is C23H24N2O3. The molecule has 0 atom stereocenters. The van der Waals surface area contributed by atoms with Crippen LogP contribution in [-0.4, -0.2) is 36.0 Å². The molecule has 1 heterocycles. The SMILES string of the molecule is Cc1ccccc1OCCCN(C)C(=O)c1ccc(-c2ccccc2)[nH]c1=O. The number of pyridine rings is 1. The summed E-state index contributed by atoms with van der Waals surface area (Å²) in [5, 5.41) is 0. The van der Waals surface area contributed by atoms with Crippen LogP contribution >= 0.6 is 0 Å². The lowest BCUT2D eigenvalue weighted by molar-refractivity contribution is 0.0786. The third-order valence-corrected chi connectivity index (χ3v) is 4.56. The molecule has 1 amide bonds. The maximum Gasteiger partial charge on any atom is 0.261 e. The largest absolute Gasteiger partial charge is 0.493 e. The smallest absolute Gasteiger partial charge is 0.261 e. The molecule has 28 heavy (non-hydrogen) atoms. The minimum absolute atomic E-state index is 0.141. The molecule has 0 saturated carbocycles. The Balaban J connectivity index is 1.57. The highest BCUT2D eigenvalue weighted by Gasteiger charge is 2.16. The van der Waals surface area contributed by atoms with Gasteiger partial charge in [0.15, 0.2) is 0 Å². The minimum Gasteiger partial charge on any atom is -0.493 e. The molecule has 1 aromatic heterocycles. The summed E-state index contributed by atoms with van der Waals surface area (Å²) in [5.74, 6) is 0.557. The first-order valence-corrected chi connectivity index (χ1v) is 9.29. The second kappa shape index (κ2) is 9.04. The number of ether oxygens (including phenoxy) is 1. The van der Waals surface area contributed by atoms with Gasteiger partial charge in [0.2, 0.25) is 0 Å². The molecule has 5 heteroatoms. The van der Waals surface area contributed by atoms with E-state index in [1.54, 1.807) is 24.1 Å². The van der Waals surface area contributed by atoms with Gasteiger partial charge in [-0.25, -0.2) is 0 Å². The number of nitrogens with zero attached hydrogens (tertiary/aromatic N) is 1. The number of carbonyl (C=O) groups is 1. The molecule has 0 radical (unpaired) electrons. The van der Waals surface area contributed by atoms with E-state index in [-0.39, 0.29) is 17.0 Å². The quantitative estimate of drug-likeness (QED) is 0.636. The Bertz CT molecular complexity index is 996.